The number of hydrogen-bond acceptors (Lipinski definition) is 2. The van der Waals surface area contributed by atoms with Crippen LogP contribution < -0.4 is 10.5 Å². The van der Waals surface area contributed by atoms with Crippen molar-refractivity contribution >= 4 is 15.9 Å². The van der Waals surface area contributed by atoms with Crippen LogP contribution >= 0.6 is 15.9 Å². The van der Waals surface area contributed by atoms with Crippen molar-refractivity contribution in [3.8, 4) is 5.75 Å². The van der Waals surface area contributed by atoms with Crippen LogP contribution in [0.4, 0.5) is 0 Å². The molecule has 0 fully saturated rings. The van der Waals surface area contributed by atoms with Crippen LogP contribution in [0.1, 0.15) is 30.5 Å². The van der Waals surface area contributed by atoms with E-state index in [0.29, 0.717) is 0 Å². The molecule has 0 atom stereocenters. The summed E-state index contributed by atoms with van der Waals surface area (Å²) in [7, 11) is 1.69. The van der Waals surface area contributed by atoms with Crippen molar-refractivity contribution in [1.82, 2.24) is 0 Å². The molecule has 0 aromatic heterocycles. The summed E-state index contributed by atoms with van der Waals surface area (Å²) in [5, 5.41) is 0. The van der Waals surface area contributed by atoms with E-state index < -0.39 is 0 Å². The molecule has 3 heteroatoms. The summed E-state index contributed by atoms with van der Waals surface area (Å²) in [5.74, 6) is 0.883. The minimum Gasteiger partial charge on any atom is -0.496 e. The maximum absolute atomic E-state index is 6.08. The second-order valence-corrected chi connectivity index (χ2v) is 5.77. The first-order valence-corrected chi connectivity index (χ1v) is 6.17. The summed E-state index contributed by atoms with van der Waals surface area (Å²) < 4.78 is 6.34. The number of aryl methyl sites for hydroxylation is 1. The fraction of sp³-hybridized carbons (Fsp3) is 0.538. The molecule has 0 spiro atoms. The van der Waals surface area contributed by atoms with Gasteiger partial charge in [0.2, 0.25) is 0 Å². The molecular weight excluding hydrogens is 266 g/mol. The van der Waals surface area contributed by atoms with Crippen LogP contribution in [0.3, 0.4) is 0 Å². The van der Waals surface area contributed by atoms with E-state index in [0.717, 1.165) is 16.6 Å². The zero-order valence-electron chi connectivity index (χ0n) is 10.6. The Morgan fingerprint density at radius 3 is 2.38 bits per heavy atom. The minimum atomic E-state index is -0.191. The molecule has 0 aliphatic carbocycles. The molecule has 0 saturated heterocycles. The molecule has 0 aliphatic heterocycles. The molecule has 1 rings (SSSR count). The summed E-state index contributed by atoms with van der Waals surface area (Å²) >= 11 is 3.57. The van der Waals surface area contributed by atoms with Gasteiger partial charge in [-0.05, 0) is 72.8 Å². The highest BCUT2D eigenvalue weighted by molar-refractivity contribution is 9.10. The largest absolute Gasteiger partial charge is 0.496 e. The number of hydrogen-bond donors (Lipinski definition) is 1. The van der Waals surface area contributed by atoms with Crippen molar-refractivity contribution in [2.75, 3.05) is 7.11 Å². The van der Waals surface area contributed by atoms with Crippen LogP contribution in [-0.4, -0.2) is 12.6 Å². The number of halogens is 1. The molecule has 1 aromatic carbocycles. The van der Waals surface area contributed by atoms with Crippen molar-refractivity contribution in [1.29, 1.82) is 0 Å². The first-order valence-electron chi connectivity index (χ1n) is 5.37. The van der Waals surface area contributed by atoms with E-state index >= 15 is 0 Å². The van der Waals surface area contributed by atoms with Crippen LogP contribution in [0.25, 0.3) is 0 Å². The standard InChI is InChI=1S/C13H20BrNO/c1-8-6-11(16-5)12(14)9(2)10(8)7-13(3,4)15/h6H,7,15H2,1-5H3. The molecule has 0 aliphatic rings. The van der Waals surface area contributed by atoms with Crippen molar-refractivity contribution in [2.45, 2.75) is 39.7 Å². The normalized spacial score (nSPS) is 11.7. The summed E-state index contributed by atoms with van der Waals surface area (Å²) in [6.07, 6.45) is 0.868. The Hall–Kier alpha value is -0.540. The van der Waals surface area contributed by atoms with Gasteiger partial charge in [0.05, 0.1) is 11.6 Å². The van der Waals surface area contributed by atoms with E-state index in [1.165, 1.54) is 16.7 Å². The maximum atomic E-state index is 6.08. The van der Waals surface area contributed by atoms with Gasteiger partial charge in [-0.25, -0.2) is 0 Å². The lowest BCUT2D eigenvalue weighted by atomic mass is 9.90. The predicted molar refractivity (Wildman–Crippen MR) is 72.1 cm³/mol. The summed E-state index contributed by atoms with van der Waals surface area (Å²) in [5.41, 5.74) is 9.64. The predicted octanol–water partition coefficient (Wildman–Crippen LogP) is 3.35. The maximum Gasteiger partial charge on any atom is 0.133 e. The summed E-state index contributed by atoms with van der Waals surface area (Å²) in [6.45, 7) is 8.29. The highest BCUT2D eigenvalue weighted by Gasteiger charge is 2.18. The van der Waals surface area contributed by atoms with Gasteiger partial charge in [-0.3, -0.25) is 0 Å². The molecule has 0 heterocycles. The Bertz CT molecular complexity index is 394. The van der Waals surface area contributed by atoms with Crippen LogP contribution in [0.2, 0.25) is 0 Å². The molecule has 2 nitrogen and oxygen atoms in total. The van der Waals surface area contributed by atoms with E-state index in [1.807, 2.05) is 13.8 Å². The van der Waals surface area contributed by atoms with Gasteiger partial charge in [-0.15, -0.1) is 0 Å². The molecular formula is C13H20BrNO. The summed E-state index contributed by atoms with van der Waals surface area (Å²) in [6, 6.07) is 2.05. The molecule has 2 N–H and O–H groups in total. The Morgan fingerprint density at radius 2 is 1.94 bits per heavy atom. The van der Waals surface area contributed by atoms with Crippen LogP contribution in [-0.2, 0) is 6.42 Å². The number of nitrogens with two attached hydrogens (primary N) is 1. The van der Waals surface area contributed by atoms with Crippen molar-refractivity contribution in [3.63, 3.8) is 0 Å². The van der Waals surface area contributed by atoms with Gasteiger partial charge >= 0.3 is 0 Å². The first kappa shape index (κ1) is 13.5. The van der Waals surface area contributed by atoms with Gasteiger partial charge in [-0.2, -0.15) is 0 Å². The first-order chi connectivity index (χ1) is 7.26. The topological polar surface area (TPSA) is 35.2 Å². The van der Waals surface area contributed by atoms with Crippen LogP contribution in [0.15, 0.2) is 10.5 Å². The lowest BCUT2D eigenvalue weighted by molar-refractivity contribution is 0.410. The molecule has 90 valence electrons. The third-order valence-electron chi connectivity index (χ3n) is 2.67. The molecule has 0 amide bonds. The van der Waals surface area contributed by atoms with Gasteiger partial charge in [0.15, 0.2) is 0 Å². The molecule has 1 aromatic rings. The average Bonchev–Trinajstić information content (AvgIpc) is 2.17. The SMILES string of the molecule is COc1cc(C)c(CC(C)(C)N)c(C)c1Br. The molecule has 0 saturated carbocycles. The Labute approximate surface area is 106 Å². The average molecular weight is 286 g/mol. The molecule has 0 unspecified atom stereocenters. The fourth-order valence-corrected chi connectivity index (χ4v) is 2.35. The second-order valence-electron chi connectivity index (χ2n) is 4.98. The highest BCUT2D eigenvalue weighted by atomic mass is 79.9. The Balaban J connectivity index is 3.26. The molecule has 0 bridgehead atoms. The quantitative estimate of drug-likeness (QED) is 0.924. The zero-order chi connectivity index (χ0) is 12.5. The number of rotatable bonds is 3. The van der Waals surface area contributed by atoms with Gasteiger partial charge < -0.3 is 10.5 Å². The van der Waals surface area contributed by atoms with Crippen LogP contribution in [0.5, 0.6) is 5.75 Å². The van der Waals surface area contributed by atoms with Crippen molar-refractivity contribution < 1.29 is 4.74 Å². The third-order valence-corrected chi connectivity index (χ3v) is 3.66. The number of ether oxygens (including phenoxy) is 1. The summed E-state index contributed by atoms with van der Waals surface area (Å²) in [4.78, 5) is 0. The van der Waals surface area contributed by atoms with Gasteiger partial charge in [0.25, 0.3) is 0 Å². The third kappa shape index (κ3) is 2.98. The van der Waals surface area contributed by atoms with Gasteiger partial charge in [0.1, 0.15) is 5.75 Å². The van der Waals surface area contributed by atoms with E-state index in [1.54, 1.807) is 7.11 Å². The highest BCUT2D eigenvalue weighted by Crippen LogP contribution is 2.34. The minimum absolute atomic E-state index is 0.191. The van der Waals surface area contributed by atoms with E-state index in [-0.39, 0.29) is 5.54 Å². The van der Waals surface area contributed by atoms with Gasteiger partial charge in [0, 0.05) is 5.54 Å². The zero-order valence-corrected chi connectivity index (χ0v) is 12.2. The van der Waals surface area contributed by atoms with Gasteiger partial charge in [-0.1, -0.05) is 0 Å². The second kappa shape index (κ2) is 4.76. The smallest absolute Gasteiger partial charge is 0.133 e. The molecule has 16 heavy (non-hydrogen) atoms. The fourth-order valence-electron chi connectivity index (χ4n) is 1.84. The van der Waals surface area contributed by atoms with E-state index in [2.05, 4.69) is 35.8 Å². The Morgan fingerprint density at radius 1 is 1.38 bits per heavy atom. The van der Waals surface area contributed by atoms with Crippen molar-refractivity contribution in [2.24, 2.45) is 5.73 Å². The number of methoxy groups -OCH3 is 1. The lowest BCUT2D eigenvalue weighted by Crippen LogP contribution is -2.35. The lowest BCUT2D eigenvalue weighted by Gasteiger charge is -2.23. The van der Waals surface area contributed by atoms with E-state index in [9.17, 15) is 0 Å². The van der Waals surface area contributed by atoms with Crippen molar-refractivity contribution in [3.05, 3.63) is 27.2 Å². The van der Waals surface area contributed by atoms with E-state index in [4.69, 9.17) is 10.5 Å². The number of benzene rings is 1. The van der Waals surface area contributed by atoms with Crippen LogP contribution in [0, 0.1) is 13.8 Å². The monoisotopic (exact) mass is 285 g/mol. The Kier molecular flexibility index (Phi) is 4.02. The molecule has 0 radical (unpaired) electrons.